The molecule has 3 heteroatoms. The van der Waals surface area contributed by atoms with Crippen molar-refractivity contribution < 1.29 is 4.74 Å². The topological polar surface area (TPSA) is 17.4 Å². The molecule has 2 heterocycles. The lowest BCUT2D eigenvalue weighted by atomic mass is 9.76. The fourth-order valence-corrected chi connectivity index (χ4v) is 8.23. The Bertz CT molecular complexity index is 2790. The Hall–Kier alpha value is -6.58. The molecule has 0 saturated carbocycles. The van der Waals surface area contributed by atoms with Crippen molar-refractivity contribution in [2.75, 3.05) is 4.90 Å². The van der Waals surface area contributed by atoms with E-state index in [0.29, 0.717) is 0 Å². The highest BCUT2D eigenvalue weighted by Gasteiger charge is 2.34. The smallest absolute Gasteiger partial charge is 0.133 e. The SMILES string of the molecule is CC1(C)c2ccccc2Oc2cc(N(c3ccc(-c4ccc5c(c4)c4ccccc4n5-c4ccccc4)cc3)c3cccc4ccccc34)ccc21. The maximum absolute atomic E-state index is 6.61. The van der Waals surface area contributed by atoms with Crippen LogP contribution in [0.2, 0.25) is 0 Å². The highest BCUT2D eigenvalue weighted by atomic mass is 16.5. The molecule has 10 rings (SSSR count). The quantitative estimate of drug-likeness (QED) is 0.182. The zero-order chi connectivity index (χ0) is 34.8. The normalized spacial score (nSPS) is 13.1. The van der Waals surface area contributed by atoms with Gasteiger partial charge in [0.2, 0.25) is 0 Å². The van der Waals surface area contributed by atoms with E-state index in [-0.39, 0.29) is 5.41 Å². The third-order valence-corrected chi connectivity index (χ3v) is 10.8. The van der Waals surface area contributed by atoms with Gasteiger partial charge in [-0.1, -0.05) is 129 Å². The van der Waals surface area contributed by atoms with Crippen LogP contribution in [0.15, 0.2) is 182 Å². The average molecular weight is 669 g/mol. The maximum atomic E-state index is 6.61. The number of fused-ring (bicyclic) bond motifs is 6. The van der Waals surface area contributed by atoms with E-state index in [4.69, 9.17) is 4.74 Å². The summed E-state index contributed by atoms with van der Waals surface area (Å²) in [5, 5.41) is 4.90. The Kier molecular flexibility index (Phi) is 6.84. The molecule has 0 N–H and O–H groups in total. The van der Waals surface area contributed by atoms with Crippen molar-refractivity contribution in [1.82, 2.24) is 4.57 Å². The summed E-state index contributed by atoms with van der Waals surface area (Å²) in [7, 11) is 0. The van der Waals surface area contributed by atoms with Crippen molar-refractivity contribution in [1.29, 1.82) is 0 Å². The molecule has 0 bridgehead atoms. The number of para-hydroxylation sites is 3. The number of rotatable bonds is 5. The van der Waals surface area contributed by atoms with E-state index >= 15 is 0 Å². The predicted octanol–water partition coefficient (Wildman–Crippen LogP) is 13.5. The molecule has 0 unspecified atom stereocenters. The summed E-state index contributed by atoms with van der Waals surface area (Å²) in [6, 6.07) is 65.4. The first kappa shape index (κ1) is 30.3. The molecular formula is C49H36N2O. The van der Waals surface area contributed by atoms with Crippen LogP contribution in [-0.4, -0.2) is 4.57 Å². The number of benzene rings is 8. The molecule has 0 fully saturated rings. The lowest BCUT2D eigenvalue weighted by Gasteiger charge is -2.35. The van der Waals surface area contributed by atoms with Crippen molar-refractivity contribution in [3.63, 3.8) is 0 Å². The van der Waals surface area contributed by atoms with E-state index in [0.717, 1.165) is 28.6 Å². The number of hydrogen-bond donors (Lipinski definition) is 0. The first-order chi connectivity index (χ1) is 25.5. The summed E-state index contributed by atoms with van der Waals surface area (Å²) in [6.07, 6.45) is 0. The second-order valence-electron chi connectivity index (χ2n) is 14.2. The van der Waals surface area contributed by atoms with Gasteiger partial charge in [-0.3, -0.25) is 0 Å². The minimum absolute atomic E-state index is 0.177. The summed E-state index contributed by atoms with van der Waals surface area (Å²) in [5.74, 6) is 1.81. The van der Waals surface area contributed by atoms with Gasteiger partial charge in [0.1, 0.15) is 11.5 Å². The largest absolute Gasteiger partial charge is 0.457 e. The fraction of sp³-hybridized carbons (Fsp3) is 0.0612. The zero-order valence-electron chi connectivity index (χ0n) is 29.1. The molecule has 1 aliphatic heterocycles. The molecule has 0 aliphatic carbocycles. The van der Waals surface area contributed by atoms with Gasteiger partial charge in [0.05, 0.1) is 16.7 Å². The van der Waals surface area contributed by atoms with Crippen LogP contribution in [-0.2, 0) is 5.41 Å². The molecular weight excluding hydrogens is 633 g/mol. The van der Waals surface area contributed by atoms with Gasteiger partial charge in [-0.15, -0.1) is 0 Å². The lowest BCUT2D eigenvalue weighted by Crippen LogP contribution is -2.24. The van der Waals surface area contributed by atoms with Crippen molar-refractivity contribution in [2.45, 2.75) is 19.3 Å². The van der Waals surface area contributed by atoms with Gasteiger partial charge in [-0.2, -0.15) is 0 Å². The molecule has 1 aromatic heterocycles. The van der Waals surface area contributed by atoms with Gasteiger partial charge in [-0.25, -0.2) is 0 Å². The Morgan fingerprint density at radius 2 is 1.12 bits per heavy atom. The van der Waals surface area contributed by atoms with Crippen LogP contribution in [0.1, 0.15) is 25.0 Å². The number of ether oxygens (including phenoxy) is 1. The van der Waals surface area contributed by atoms with Crippen LogP contribution in [0.4, 0.5) is 17.1 Å². The zero-order valence-corrected chi connectivity index (χ0v) is 29.1. The number of hydrogen-bond acceptors (Lipinski definition) is 2. The minimum Gasteiger partial charge on any atom is -0.457 e. The minimum atomic E-state index is -0.177. The summed E-state index contributed by atoms with van der Waals surface area (Å²) >= 11 is 0. The first-order valence-corrected chi connectivity index (χ1v) is 17.9. The van der Waals surface area contributed by atoms with Gasteiger partial charge < -0.3 is 14.2 Å². The van der Waals surface area contributed by atoms with Gasteiger partial charge in [0.15, 0.2) is 0 Å². The fourth-order valence-electron chi connectivity index (χ4n) is 8.23. The highest BCUT2D eigenvalue weighted by molar-refractivity contribution is 6.10. The molecule has 0 atom stereocenters. The average Bonchev–Trinajstić information content (AvgIpc) is 3.52. The van der Waals surface area contributed by atoms with E-state index in [2.05, 4.69) is 199 Å². The van der Waals surface area contributed by atoms with Crippen LogP contribution in [0, 0.1) is 0 Å². The van der Waals surface area contributed by atoms with E-state index in [9.17, 15) is 0 Å². The Morgan fingerprint density at radius 1 is 0.462 bits per heavy atom. The summed E-state index contributed by atoms with van der Waals surface area (Å²) in [6.45, 7) is 4.57. The van der Waals surface area contributed by atoms with Crippen molar-refractivity contribution in [3.8, 4) is 28.3 Å². The molecule has 9 aromatic rings. The third-order valence-electron chi connectivity index (χ3n) is 10.8. The summed E-state index contributed by atoms with van der Waals surface area (Å²) in [4.78, 5) is 2.36. The summed E-state index contributed by atoms with van der Waals surface area (Å²) in [5.41, 5.74) is 11.4. The maximum Gasteiger partial charge on any atom is 0.133 e. The van der Waals surface area contributed by atoms with Crippen LogP contribution in [0.3, 0.4) is 0 Å². The molecule has 3 nitrogen and oxygen atoms in total. The van der Waals surface area contributed by atoms with E-state index < -0.39 is 0 Å². The molecule has 8 aromatic carbocycles. The van der Waals surface area contributed by atoms with E-state index in [1.165, 1.54) is 60.5 Å². The molecule has 0 amide bonds. The summed E-state index contributed by atoms with van der Waals surface area (Å²) < 4.78 is 8.97. The second kappa shape index (κ2) is 11.8. The monoisotopic (exact) mass is 668 g/mol. The number of aromatic nitrogens is 1. The number of anilines is 3. The Balaban J connectivity index is 1.09. The van der Waals surface area contributed by atoms with Gasteiger partial charge in [-0.05, 0) is 77.2 Å². The van der Waals surface area contributed by atoms with Crippen molar-refractivity contribution >= 4 is 49.6 Å². The second-order valence-corrected chi connectivity index (χ2v) is 14.2. The van der Waals surface area contributed by atoms with E-state index in [1.54, 1.807) is 0 Å². The molecule has 248 valence electrons. The molecule has 0 spiro atoms. The van der Waals surface area contributed by atoms with Crippen LogP contribution < -0.4 is 9.64 Å². The molecule has 1 aliphatic rings. The molecule has 52 heavy (non-hydrogen) atoms. The van der Waals surface area contributed by atoms with Gasteiger partial charge in [0, 0.05) is 55.8 Å². The number of nitrogens with zero attached hydrogens (tertiary/aromatic N) is 2. The Labute approximate surface area is 303 Å². The van der Waals surface area contributed by atoms with Gasteiger partial charge in [0.25, 0.3) is 0 Å². The van der Waals surface area contributed by atoms with Gasteiger partial charge >= 0.3 is 0 Å². The highest BCUT2D eigenvalue weighted by Crippen LogP contribution is 2.50. The van der Waals surface area contributed by atoms with Crippen LogP contribution in [0.25, 0.3) is 49.4 Å². The van der Waals surface area contributed by atoms with Crippen LogP contribution in [0.5, 0.6) is 11.5 Å². The van der Waals surface area contributed by atoms with E-state index in [1.807, 2.05) is 6.07 Å². The van der Waals surface area contributed by atoms with Crippen LogP contribution >= 0.6 is 0 Å². The molecule has 0 radical (unpaired) electrons. The lowest BCUT2D eigenvalue weighted by molar-refractivity contribution is 0.418. The first-order valence-electron chi connectivity index (χ1n) is 17.9. The predicted molar refractivity (Wildman–Crippen MR) is 217 cm³/mol. The third kappa shape index (κ3) is 4.74. The molecule has 0 saturated heterocycles. The van der Waals surface area contributed by atoms with Crippen molar-refractivity contribution in [2.24, 2.45) is 0 Å². The standard InChI is InChI=1S/C49H36N2O/c1-49(2)42-19-9-11-22-47(42)52-48-32-38(28-29-43(48)49)50(44-21-12-14-34-13-6-7-17-39(34)44)37-26-23-33(24-27-37)35-25-30-46-41(31-35)40-18-8-10-20-45(40)51(46)36-15-4-3-5-16-36/h3-32H,1-2H3. The van der Waals surface area contributed by atoms with Crippen molar-refractivity contribution in [3.05, 3.63) is 193 Å². The Morgan fingerprint density at radius 3 is 1.98 bits per heavy atom.